The Kier molecular flexibility index (Phi) is 9.71. The maximum atomic E-state index is 14.0. The molecule has 1 heterocycles. The number of benzene rings is 2. The minimum absolute atomic E-state index is 0.00873. The van der Waals surface area contributed by atoms with E-state index in [4.69, 9.17) is 21.1 Å². The molecule has 0 saturated heterocycles. The number of nitrogens with zero attached hydrogens (tertiary/aromatic N) is 1. The van der Waals surface area contributed by atoms with Crippen molar-refractivity contribution < 1.29 is 28.9 Å². The van der Waals surface area contributed by atoms with Crippen LogP contribution in [0.15, 0.2) is 53.4 Å². The summed E-state index contributed by atoms with van der Waals surface area (Å²) in [7, 11) is 1.58. The van der Waals surface area contributed by atoms with Crippen molar-refractivity contribution in [2.24, 2.45) is 0 Å². The molecule has 0 aliphatic heterocycles. The molecule has 1 aromatic heterocycles. The van der Waals surface area contributed by atoms with Gasteiger partial charge in [0.05, 0.1) is 25.2 Å². The number of hydrogen-bond acceptors (Lipinski definition) is 7. The molecule has 3 N–H and O–H groups in total. The Morgan fingerprint density at radius 2 is 1.91 bits per heavy atom. The van der Waals surface area contributed by atoms with Crippen LogP contribution in [0.1, 0.15) is 30.5 Å². The predicted octanol–water partition coefficient (Wildman–Crippen LogP) is 5.28. The molecular formula is C25H28ClFN2O5S. The van der Waals surface area contributed by atoms with Crippen molar-refractivity contribution in [2.45, 2.75) is 37.4 Å². The standard InChI is InChI=1S/C25H28ClFN2O5S/c1-3-34-25(32)14-20(17-5-6-18(26)19(27)13-17)28-15-16-4-7-22(21(12-16)33-2)35-11-10-29-23(30)8-9-24(29)31/h4-9,12-13,20,28,30-31H,3,10-11,14-15H2,1-2H3. The third kappa shape index (κ3) is 7.30. The summed E-state index contributed by atoms with van der Waals surface area (Å²) in [6, 6.07) is 12.6. The van der Waals surface area contributed by atoms with E-state index in [0.717, 1.165) is 10.5 Å². The first kappa shape index (κ1) is 26.7. The molecule has 1 unspecified atom stereocenters. The first-order valence-corrected chi connectivity index (χ1v) is 12.4. The van der Waals surface area contributed by atoms with Crippen LogP contribution in [0.4, 0.5) is 4.39 Å². The van der Waals surface area contributed by atoms with E-state index in [1.807, 2.05) is 18.2 Å². The summed E-state index contributed by atoms with van der Waals surface area (Å²) in [6.07, 6.45) is 0.0407. The maximum absolute atomic E-state index is 14.0. The fourth-order valence-electron chi connectivity index (χ4n) is 3.53. The largest absolute Gasteiger partial charge is 0.496 e. The average Bonchev–Trinajstić information content (AvgIpc) is 3.16. The normalized spacial score (nSPS) is 11.9. The SMILES string of the molecule is CCOC(=O)CC(NCc1ccc(SCCn2c(O)ccc2O)c(OC)c1)c1ccc(Cl)c(F)c1. The van der Waals surface area contributed by atoms with E-state index in [-0.39, 0.29) is 35.8 Å². The van der Waals surface area contributed by atoms with Crippen LogP contribution in [0.3, 0.4) is 0 Å². The number of carbonyl (C=O) groups excluding carboxylic acids is 1. The second kappa shape index (κ2) is 12.7. The van der Waals surface area contributed by atoms with Gasteiger partial charge in [0.15, 0.2) is 11.8 Å². The lowest BCUT2D eigenvalue weighted by Gasteiger charge is -2.19. The highest BCUT2D eigenvalue weighted by atomic mass is 35.5. The Hall–Kier alpha value is -2.88. The third-order valence-corrected chi connectivity index (χ3v) is 6.65. The third-order valence-electron chi connectivity index (χ3n) is 5.31. The number of thioether (sulfide) groups is 1. The number of rotatable bonds is 12. The van der Waals surface area contributed by atoms with Crippen molar-refractivity contribution in [1.29, 1.82) is 0 Å². The van der Waals surface area contributed by atoms with Crippen molar-refractivity contribution >= 4 is 29.3 Å². The second-order valence-electron chi connectivity index (χ2n) is 7.65. The lowest BCUT2D eigenvalue weighted by Crippen LogP contribution is -2.24. The van der Waals surface area contributed by atoms with Gasteiger partial charge in [0.25, 0.3) is 0 Å². The zero-order chi connectivity index (χ0) is 25.4. The minimum Gasteiger partial charge on any atom is -0.496 e. The highest BCUT2D eigenvalue weighted by Crippen LogP contribution is 2.32. The topological polar surface area (TPSA) is 93.0 Å². The number of hydrogen-bond donors (Lipinski definition) is 3. The molecule has 0 bridgehead atoms. The fraction of sp³-hybridized carbons (Fsp3) is 0.320. The number of aromatic hydroxyl groups is 2. The summed E-state index contributed by atoms with van der Waals surface area (Å²) >= 11 is 7.34. The van der Waals surface area contributed by atoms with Crippen LogP contribution in [0.5, 0.6) is 17.5 Å². The summed E-state index contributed by atoms with van der Waals surface area (Å²) in [4.78, 5) is 13.0. The lowest BCUT2D eigenvalue weighted by molar-refractivity contribution is -0.143. The van der Waals surface area contributed by atoms with E-state index < -0.39 is 11.9 Å². The zero-order valence-electron chi connectivity index (χ0n) is 19.5. The van der Waals surface area contributed by atoms with Gasteiger partial charge < -0.3 is 25.0 Å². The van der Waals surface area contributed by atoms with Gasteiger partial charge in [-0.15, -0.1) is 11.8 Å². The van der Waals surface area contributed by atoms with Crippen molar-refractivity contribution in [1.82, 2.24) is 9.88 Å². The van der Waals surface area contributed by atoms with E-state index in [1.54, 1.807) is 20.1 Å². The smallest absolute Gasteiger partial charge is 0.307 e. The van der Waals surface area contributed by atoms with Gasteiger partial charge in [-0.05, 0) is 42.3 Å². The highest BCUT2D eigenvalue weighted by Gasteiger charge is 2.18. The summed E-state index contributed by atoms with van der Waals surface area (Å²) < 4.78 is 26.1. The number of carbonyl (C=O) groups is 1. The van der Waals surface area contributed by atoms with Crippen LogP contribution in [0, 0.1) is 5.82 Å². The molecule has 2 aromatic carbocycles. The molecular weight excluding hydrogens is 495 g/mol. The molecule has 188 valence electrons. The van der Waals surface area contributed by atoms with Crippen molar-refractivity contribution in [3.05, 3.63) is 70.5 Å². The van der Waals surface area contributed by atoms with Gasteiger partial charge in [0.1, 0.15) is 11.6 Å². The quantitative estimate of drug-likeness (QED) is 0.220. The molecule has 0 amide bonds. The van der Waals surface area contributed by atoms with Crippen LogP contribution >= 0.6 is 23.4 Å². The molecule has 0 aliphatic carbocycles. The summed E-state index contributed by atoms with van der Waals surface area (Å²) in [6.45, 7) is 2.83. The predicted molar refractivity (Wildman–Crippen MR) is 134 cm³/mol. The number of aromatic nitrogens is 1. The number of nitrogens with one attached hydrogen (secondary N) is 1. The fourth-order valence-corrected chi connectivity index (χ4v) is 4.59. The average molecular weight is 523 g/mol. The Morgan fingerprint density at radius 3 is 2.57 bits per heavy atom. The Labute approximate surface area is 212 Å². The highest BCUT2D eigenvalue weighted by molar-refractivity contribution is 7.99. The molecule has 1 atom stereocenters. The van der Waals surface area contributed by atoms with Crippen molar-refractivity contribution in [3.63, 3.8) is 0 Å². The first-order valence-electron chi connectivity index (χ1n) is 11.0. The molecule has 3 aromatic rings. The van der Waals surface area contributed by atoms with E-state index in [0.29, 0.717) is 30.2 Å². The van der Waals surface area contributed by atoms with Crippen LogP contribution in [0.2, 0.25) is 5.02 Å². The number of esters is 1. The lowest BCUT2D eigenvalue weighted by atomic mass is 10.0. The Bertz CT molecular complexity index is 1140. The van der Waals surface area contributed by atoms with Gasteiger partial charge >= 0.3 is 5.97 Å². The van der Waals surface area contributed by atoms with Crippen molar-refractivity contribution in [2.75, 3.05) is 19.5 Å². The Balaban J connectivity index is 1.67. The van der Waals surface area contributed by atoms with Crippen LogP contribution < -0.4 is 10.1 Å². The summed E-state index contributed by atoms with van der Waals surface area (Å²) in [5, 5.41) is 22.9. The van der Waals surface area contributed by atoms with E-state index in [9.17, 15) is 19.4 Å². The number of ether oxygens (including phenoxy) is 2. The van der Waals surface area contributed by atoms with Crippen molar-refractivity contribution in [3.8, 4) is 17.5 Å². The molecule has 0 radical (unpaired) electrons. The molecule has 0 aliphatic rings. The van der Waals surface area contributed by atoms with E-state index in [2.05, 4.69) is 5.32 Å². The van der Waals surface area contributed by atoms with Gasteiger partial charge in [-0.2, -0.15) is 0 Å². The van der Waals surface area contributed by atoms with E-state index in [1.165, 1.54) is 40.6 Å². The van der Waals surface area contributed by atoms with Crippen LogP contribution in [-0.4, -0.2) is 40.2 Å². The van der Waals surface area contributed by atoms with Gasteiger partial charge in [0.2, 0.25) is 0 Å². The van der Waals surface area contributed by atoms with Crippen LogP contribution in [-0.2, 0) is 22.6 Å². The molecule has 0 spiro atoms. The molecule has 7 nitrogen and oxygen atoms in total. The van der Waals surface area contributed by atoms with Gasteiger partial charge in [-0.3, -0.25) is 9.36 Å². The Morgan fingerprint density at radius 1 is 1.17 bits per heavy atom. The molecule has 0 saturated carbocycles. The monoisotopic (exact) mass is 522 g/mol. The maximum Gasteiger partial charge on any atom is 0.307 e. The van der Waals surface area contributed by atoms with E-state index >= 15 is 0 Å². The molecule has 3 rings (SSSR count). The zero-order valence-corrected chi connectivity index (χ0v) is 21.0. The molecule has 0 fully saturated rings. The number of halogens is 2. The minimum atomic E-state index is -0.551. The van der Waals surface area contributed by atoms with Crippen LogP contribution in [0.25, 0.3) is 0 Å². The number of methoxy groups -OCH3 is 1. The second-order valence-corrected chi connectivity index (χ2v) is 9.20. The summed E-state index contributed by atoms with van der Waals surface area (Å²) in [5.74, 6) is 0.362. The summed E-state index contributed by atoms with van der Waals surface area (Å²) in [5.41, 5.74) is 1.51. The van der Waals surface area contributed by atoms with Gasteiger partial charge in [-0.25, -0.2) is 4.39 Å². The first-order chi connectivity index (χ1) is 16.8. The van der Waals surface area contributed by atoms with Gasteiger partial charge in [0, 0.05) is 41.9 Å². The molecule has 35 heavy (non-hydrogen) atoms. The molecule has 10 heteroatoms. The van der Waals surface area contributed by atoms with Gasteiger partial charge in [-0.1, -0.05) is 23.7 Å².